The molecule has 1 fully saturated rings. The molecule has 0 unspecified atom stereocenters. The zero-order chi connectivity index (χ0) is 19.4. The zero-order valence-electron chi connectivity index (χ0n) is 14.7. The van der Waals surface area contributed by atoms with E-state index in [0.717, 1.165) is 11.1 Å². The molecule has 27 heavy (non-hydrogen) atoms. The second-order valence-corrected chi connectivity index (χ2v) is 8.01. The number of carbonyl (C=O) groups is 2. The second kappa shape index (κ2) is 7.99. The summed E-state index contributed by atoms with van der Waals surface area (Å²) in [7, 11) is -3.73. The van der Waals surface area contributed by atoms with Crippen LogP contribution in [0.15, 0.2) is 59.5 Å². The lowest BCUT2D eigenvalue weighted by atomic mass is 10.1. The van der Waals surface area contributed by atoms with Crippen molar-refractivity contribution in [3.05, 3.63) is 65.7 Å². The number of carbonyl (C=O) groups excluding carboxylic acids is 2. The summed E-state index contributed by atoms with van der Waals surface area (Å²) < 4.78 is 22.5. The Morgan fingerprint density at radius 1 is 1.00 bits per heavy atom. The van der Waals surface area contributed by atoms with Crippen LogP contribution in [0.2, 0.25) is 0 Å². The fourth-order valence-corrected chi connectivity index (χ4v) is 3.52. The van der Waals surface area contributed by atoms with Gasteiger partial charge in [0, 0.05) is 13.1 Å². The second-order valence-electron chi connectivity index (χ2n) is 6.45. The molecule has 7 nitrogen and oxygen atoms in total. The van der Waals surface area contributed by atoms with Gasteiger partial charge < -0.3 is 5.32 Å². The van der Waals surface area contributed by atoms with Crippen molar-refractivity contribution in [1.29, 1.82) is 0 Å². The number of rotatable bonds is 7. The van der Waals surface area contributed by atoms with Crippen LogP contribution >= 0.6 is 0 Å². The van der Waals surface area contributed by atoms with Gasteiger partial charge >= 0.3 is 0 Å². The van der Waals surface area contributed by atoms with Crippen molar-refractivity contribution in [2.45, 2.75) is 30.3 Å². The first-order valence-electron chi connectivity index (χ1n) is 8.58. The number of imide groups is 1. The van der Waals surface area contributed by atoms with E-state index in [0.29, 0.717) is 19.5 Å². The SMILES string of the molecule is NS(=O)(=O)c1ccc(CN[C@@H]2CC(=O)N(CCc3ccccc3)C2=O)cc1. The number of nitrogens with one attached hydrogen (secondary N) is 1. The number of benzene rings is 2. The van der Waals surface area contributed by atoms with Gasteiger partial charge in [-0.3, -0.25) is 14.5 Å². The highest BCUT2D eigenvalue weighted by Crippen LogP contribution is 2.15. The average Bonchev–Trinajstić information content (AvgIpc) is 2.92. The molecule has 0 aliphatic carbocycles. The molecule has 0 spiro atoms. The van der Waals surface area contributed by atoms with Crippen molar-refractivity contribution in [3.8, 4) is 0 Å². The van der Waals surface area contributed by atoms with Gasteiger partial charge in [-0.1, -0.05) is 42.5 Å². The molecule has 3 N–H and O–H groups in total. The number of amides is 2. The summed E-state index contributed by atoms with van der Waals surface area (Å²) >= 11 is 0. The van der Waals surface area contributed by atoms with Gasteiger partial charge in [-0.05, 0) is 29.7 Å². The Balaban J connectivity index is 1.55. The van der Waals surface area contributed by atoms with E-state index < -0.39 is 16.1 Å². The summed E-state index contributed by atoms with van der Waals surface area (Å²) in [6.07, 6.45) is 0.753. The number of primary sulfonamides is 1. The Morgan fingerprint density at radius 3 is 2.30 bits per heavy atom. The van der Waals surface area contributed by atoms with Gasteiger partial charge in [0.05, 0.1) is 17.4 Å². The molecule has 142 valence electrons. The molecule has 1 saturated heterocycles. The molecular formula is C19H21N3O4S. The molecule has 1 aliphatic heterocycles. The van der Waals surface area contributed by atoms with Crippen LogP contribution in [0, 0.1) is 0 Å². The van der Waals surface area contributed by atoms with Crippen molar-refractivity contribution >= 4 is 21.8 Å². The largest absolute Gasteiger partial charge is 0.301 e. The van der Waals surface area contributed by atoms with Crippen LogP contribution in [0.3, 0.4) is 0 Å². The maximum Gasteiger partial charge on any atom is 0.246 e. The smallest absolute Gasteiger partial charge is 0.246 e. The third-order valence-electron chi connectivity index (χ3n) is 4.52. The lowest BCUT2D eigenvalue weighted by Crippen LogP contribution is -2.39. The molecule has 8 heteroatoms. The first kappa shape index (κ1) is 19.2. The Kier molecular flexibility index (Phi) is 5.69. The van der Waals surface area contributed by atoms with Crippen LogP contribution in [0.25, 0.3) is 0 Å². The van der Waals surface area contributed by atoms with E-state index in [1.54, 1.807) is 12.1 Å². The first-order chi connectivity index (χ1) is 12.8. The molecule has 0 bridgehead atoms. The highest BCUT2D eigenvalue weighted by atomic mass is 32.2. The van der Waals surface area contributed by atoms with E-state index >= 15 is 0 Å². The van der Waals surface area contributed by atoms with Crippen LogP contribution in [0.5, 0.6) is 0 Å². The van der Waals surface area contributed by atoms with E-state index in [1.165, 1.54) is 17.0 Å². The van der Waals surface area contributed by atoms with Gasteiger partial charge in [0.2, 0.25) is 21.8 Å². The molecule has 0 radical (unpaired) electrons. The summed E-state index contributed by atoms with van der Waals surface area (Å²) in [5.74, 6) is -0.407. The predicted molar refractivity (Wildman–Crippen MR) is 99.9 cm³/mol. The van der Waals surface area contributed by atoms with E-state index in [-0.39, 0.29) is 23.1 Å². The van der Waals surface area contributed by atoms with E-state index in [1.807, 2.05) is 30.3 Å². The molecule has 3 rings (SSSR count). The van der Waals surface area contributed by atoms with Crippen molar-refractivity contribution < 1.29 is 18.0 Å². The highest BCUT2D eigenvalue weighted by Gasteiger charge is 2.37. The molecule has 1 atom stereocenters. The Labute approximate surface area is 158 Å². The van der Waals surface area contributed by atoms with Crippen molar-refractivity contribution in [3.63, 3.8) is 0 Å². The Morgan fingerprint density at radius 2 is 1.67 bits per heavy atom. The van der Waals surface area contributed by atoms with Gasteiger partial charge in [0.15, 0.2) is 0 Å². The van der Waals surface area contributed by atoms with Crippen LogP contribution in [0.1, 0.15) is 17.5 Å². The number of sulfonamides is 1. The maximum absolute atomic E-state index is 12.5. The Hall–Kier alpha value is -2.55. The van der Waals surface area contributed by atoms with Gasteiger partial charge in [0.1, 0.15) is 0 Å². The van der Waals surface area contributed by atoms with Gasteiger partial charge in [-0.2, -0.15) is 0 Å². The number of hydrogen-bond donors (Lipinski definition) is 2. The maximum atomic E-state index is 12.5. The van der Waals surface area contributed by atoms with E-state index in [9.17, 15) is 18.0 Å². The summed E-state index contributed by atoms with van der Waals surface area (Å²) in [6.45, 7) is 0.712. The number of likely N-dealkylation sites (tertiary alicyclic amines) is 1. The zero-order valence-corrected chi connectivity index (χ0v) is 15.5. The fraction of sp³-hybridized carbons (Fsp3) is 0.263. The van der Waals surface area contributed by atoms with E-state index in [2.05, 4.69) is 5.32 Å². The number of nitrogens with zero attached hydrogens (tertiary/aromatic N) is 1. The van der Waals surface area contributed by atoms with Gasteiger partial charge in [-0.25, -0.2) is 13.6 Å². The standard InChI is InChI=1S/C19H21N3O4S/c20-27(25,26)16-8-6-15(7-9-16)13-21-17-12-18(23)22(19(17)24)11-10-14-4-2-1-3-5-14/h1-9,17,21H,10-13H2,(H2,20,25,26)/t17-/m1/s1. The summed E-state index contributed by atoms with van der Waals surface area (Å²) in [5, 5.41) is 8.14. The molecule has 1 aliphatic rings. The first-order valence-corrected chi connectivity index (χ1v) is 10.1. The van der Waals surface area contributed by atoms with Gasteiger partial charge in [0.25, 0.3) is 0 Å². The lowest BCUT2D eigenvalue weighted by molar-refractivity contribution is -0.138. The fourth-order valence-electron chi connectivity index (χ4n) is 3.00. The van der Waals surface area contributed by atoms with Gasteiger partial charge in [-0.15, -0.1) is 0 Å². The predicted octanol–water partition coefficient (Wildman–Crippen LogP) is 0.794. The molecule has 2 aromatic rings. The normalized spacial score (nSPS) is 17.5. The van der Waals surface area contributed by atoms with Crippen molar-refractivity contribution in [2.75, 3.05) is 6.54 Å². The lowest BCUT2D eigenvalue weighted by Gasteiger charge is -2.15. The number of hydrogen-bond acceptors (Lipinski definition) is 5. The third-order valence-corrected chi connectivity index (χ3v) is 5.44. The molecule has 1 heterocycles. The number of nitrogens with two attached hydrogens (primary N) is 1. The molecule has 2 amide bonds. The Bertz CT molecular complexity index is 927. The summed E-state index contributed by atoms with van der Waals surface area (Å²) in [6, 6.07) is 15.2. The molecule has 0 saturated carbocycles. The summed E-state index contributed by atoms with van der Waals surface area (Å²) in [4.78, 5) is 26.0. The third kappa shape index (κ3) is 4.79. The average molecular weight is 387 g/mol. The van der Waals surface area contributed by atoms with Crippen LogP contribution < -0.4 is 10.5 Å². The van der Waals surface area contributed by atoms with Crippen molar-refractivity contribution in [2.24, 2.45) is 5.14 Å². The van der Waals surface area contributed by atoms with Crippen LogP contribution in [0.4, 0.5) is 0 Å². The minimum atomic E-state index is -3.73. The minimum absolute atomic E-state index is 0.0328. The van der Waals surface area contributed by atoms with E-state index in [4.69, 9.17) is 5.14 Å². The van der Waals surface area contributed by atoms with Crippen LogP contribution in [-0.2, 0) is 32.6 Å². The monoisotopic (exact) mass is 387 g/mol. The summed E-state index contributed by atoms with van der Waals surface area (Å²) in [5.41, 5.74) is 1.87. The molecule has 2 aromatic carbocycles. The topological polar surface area (TPSA) is 110 Å². The minimum Gasteiger partial charge on any atom is -0.301 e. The van der Waals surface area contributed by atoms with Crippen LogP contribution in [-0.4, -0.2) is 37.7 Å². The van der Waals surface area contributed by atoms with Crippen molar-refractivity contribution in [1.82, 2.24) is 10.2 Å². The molecule has 0 aromatic heterocycles. The quantitative estimate of drug-likeness (QED) is 0.683. The highest BCUT2D eigenvalue weighted by molar-refractivity contribution is 7.89. The molecular weight excluding hydrogens is 366 g/mol.